The Morgan fingerprint density at radius 3 is 1.25 bits per heavy atom. The number of hydrogen-bond donors (Lipinski definition) is 6. The molecule has 1 aromatic carbocycles. The molecule has 0 bridgehead atoms. The van der Waals surface area contributed by atoms with Crippen molar-refractivity contribution in [2.24, 2.45) is 11.5 Å². The van der Waals surface area contributed by atoms with Crippen LogP contribution >= 0.6 is 0 Å². The van der Waals surface area contributed by atoms with Gasteiger partial charge in [0.1, 0.15) is 0 Å². The van der Waals surface area contributed by atoms with E-state index in [0.29, 0.717) is 13.1 Å². The summed E-state index contributed by atoms with van der Waals surface area (Å²) < 4.78 is 0. The van der Waals surface area contributed by atoms with Gasteiger partial charge in [0, 0.05) is 13.1 Å². The Bertz CT molecular complexity index is 356. The van der Waals surface area contributed by atoms with Gasteiger partial charge in [-0.2, -0.15) is 0 Å². The smallest absolute Gasteiger partial charge is 0.336 e. The summed E-state index contributed by atoms with van der Waals surface area (Å²) in [5.74, 6) is -2.46. The summed E-state index contributed by atoms with van der Waals surface area (Å²) in [6.45, 7) is 0.944. The molecule has 0 heterocycles. The maximum atomic E-state index is 10.5. The van der Waals surface area contributed by atoms with Gasteiger partial charge in [-0.25, -0.2) is 9.59 Å². The zero-order valence-electron chi connectivity index (χ0n) is 10.9. The SMILES string of the molecule is NCCO.NCCO.O=C(O)c1ccccc1C(=O)O. The van der Waals surface area contributed by atoms with Crippen molar-refractivity contribution in [3.8, 4) is 0 Å². The lowest BCUT2D eigenvalue weighted by molar-refractivity contribution is 0.0651. The van der Waals surface area contributed by atoms with Crippen LogP contribution in [0.2, 0.25) is 0 Å². The summed E-state index contributed by atoms with van der Waals surface area (Å²) in [7, 11) is 0. The molecule has 0 fully saturated rings. The standard InChI is InChI=1S/C8H6O4.2C2H7NO/c9-7(10)5-3-1-2-4-6(5)8(11)12;2*3-1-2-4/h1-4H,(H,9,10)(H,11,12);2*4H,1-3H2. The Morgan fingerprint density at radius 2 is 1.10 bits per heavy atom. The van der Waals surface area contributed by atoms with E-state index in [9.17, 15) is 9.59 Å². The Morgan fingerprint density at radius 1 is 0.850 bits per heavy atom. The minimum atomic E-state index is -1.23. The third kappa shape index (κ3) is 9.97. The maximum Gasteiger partial charge on any atom is 0.336 e. The molecular weight excluding hydrogens is 268 g/mol. The summed E-state index contributed by atoms with van der Waals surface area (Å²) >= 11 is 0. The fourth-order valence-electron chi connectivity index (χ4n) is 0.856. The number of rotatable bonds is 4. The lowest BCUT2D eigenvalue weighted by Gasteiger charge is -1.98. The molecule has 0 amide bonds. The number of aliphatic hydroxyl groups is 2. The molecule has 0 spiro atoms. The van der Waals surface area contributed by atoms with Crippen LogP contribution in [0.15, 0.2) is 24.3 Å². The molecule has 1 aromatic rings. The molecular formula is C12H20N2O6. The van der Waals surface area contributed by atoms with Crippen LogP contribution in [0.1, 0.15) is 20.7 Å². The number of hydrogen-bond acceptors (Lipinski definition) is 6. The van der Waals surface area contributed by atoms with Gasteiger partial charge in [-0.15, -0.1) is 0 Å². The molecule has 0 aliphatic heterocycles. The first-order valence-electron chi connectivity index (χ1n) is 5.63. The zero-order chi connectivity index (χ0) is 16.0. The molecule has 0 saturated heterocycles. The van der Waals surface area contributed by atoms with Gasteiger partial charge in [0.05, 0.1) is 24.3 Å². The fourth-order valence-corrected chi connectivity index (χ4v) is 0.856. The van der Waals surface area contributed by atoms with E-state index in [0.717, 1.165) is 0 Å². The summed E-state index contributed by atoms with van der Waals surface area (Å²) in [5, 5.41) is 32.6. The summed E-state index contributed by atoms with van der Waals surface area (Å²) in [6, 6.07) is 5.48. The van der Waals surface area contributed by atoms with E-state index in [4.69, 9.17) is 31.9 Å². The Hall–Kier alpha value is -2.00. The van der Waals surface area contributed by atoms with Crippen LogP contribution in [0.25, 0.3) is 0 Å². The largest absolute Gasteiger partial charge is 0.478 e. The molecule has 0 atom stereocenters. The number of carboxylic acid groups (broad SMARTS) is 2. The van der Waals surface area contributed by atoms with E-state index in [1.54, 1.807) is 0 Å². The second-order valence-corrected chi connectivity index (χ2v) is 3.18. The van der Waals surface area contributed by atoms with Gasteiger partial charge in [0.25, 0.3) is 0 Å². The second-order valence-electron chi connectivity index (χ2n) is 3.18. The van der Waals surface area contributed by atoms with Crippen molar-refractivity contribution in [2.45, 2.75) is 0 Å². The average Bonchev–Trinajstić information content (AvgIpc) is 2.47. The Labute approximate surface area is 116 Å². The van der Waals surface area contributed by atoms with Crippen molar-refractivity contribution in [2.75, 3.05) is 26.3 Å². The van der Waals surface area contributed by atoms with Crippen LogP contribution in [0, 0.1) is 0 Å². The van der Waals surface area contributed by atoms with E-state index in [1.165, 1.54) is 24.3 Å². The quantitative estimate of drug-likeness (QED) is 0.408. The average molecular weight is 288 g/mol. The number of carbonyl (C=O) groups is 2. The number of aliphatic hydroxyl groups excluding tert-OH is 2. The van der Waals surface area contributed by atoms with Crippen molar-refractivity contribution < 1.29 is 30.0 Å². The van der Waals surface area contributed by atoms with E-state index in [-0.39, 0.29) is 24.3 Å². The molecule has 114 valence electrons. The van der Waals surface area contributed by atoms with Crippen LogP contribution in [-0.2, 0) is 0 Å². The molecule has 20 heavy (non-hydrogen) atoms. The van der Waals surface area contributed by atoms with Crippen molar-refractivity contribution in [1.82, 2.24) is 0 Å². The van der Waals surface area contributed by atoms with Gasteiger partial charge >= 0.3 is 11.9 Å². The minimum absolute atomic E-state index is 0.0972. The van der Waals surface area contributed by atoms with Gasteiger partial charge in [-0.1, -0.05) is 12.1 Å². The van der Waals surface area contributed by atoms with Crippen LogP contribution in [0.5, 0.6) is 0 Å². The van der Waals surface area contributed by atoms with Gasteiger partial charge in [0.15, 0.2) is 0 Å². The summed E-state index contributed by atoms with van der Waals surface area (Å²) in [5.41, 5.74) is 9.18. The van der Waals surface area contributed by atoms with Crippen LogP contribution in [-0.4, -0.2) is 58.7 Å². The predicted octanol–water partition coefficient (Wildman–Crippen LogP) is -1.04. The Kier molecular flexibility index (Phi) is 13.6. The highest BCUT2D eigenvalue weighted by atomic mass is 16.4. The van der Waals surface area contributed by atoms with E-state index >= 15 is 0 Å². The molecule has 8 nitrogen and oxygen atoms in total. The Balaban J connectivity index is 0. The summed E-state index contributed by atoms with van der Waals surface area (Å²) in [4.78, 5) is 20.9. The van der Waals surface area contributed by atoms with Crippen molar-refractivity contribution >= 4 is 11.9 Å². The highest BCUT2D eigenvalue weighted by molar-refractivity contribution is 6.01. The molecule has 1 rings (SSSR count). The maximum absolute atomic E-state index is 10.5. The third-order valence-electron chi connectivity index (χ3n) is 1.65. The number of aromatic carboxylic acids is 2. The van der Waals surface area contributed by atoms with Gasteiger partial charge < -0.3 is 31.9 Å². The van der Waals surface area contributed by atoms with Crippen LogP contribution in [0.4, 0.5) is 0 Å². The third-order valence-corrected chi connectivity index (χ3v) is 1.65. The zero-order valence-corrected chi connectivity index (χ0v) is 10.9. The first kappa shape index (κ1) is 20.3. The second kappa shape index (κ2) is 13.4. The minimum Gasteiger partial charge on any atom is -0.478 e. The van der Waals surface area contributed by atoms with Gasteiger partial charge in [-0.3, -0.25) is 0 Å². The lowest BCUT2D eigenvalue weighted by Crippen LogP contribution is -2.06. The van der Waals surface area contributed by atoms with Crippen LogP contribution < -0.4 is 11.5 Å². The first-order valence-corrected chi connectivity index (χ1v) is 5.63. The van der Waals surface area contributed by atoms with E-state index in [1.807, 2.05) is 0 Å². The van der Waals surface area contributed by atoms with E-state index in [2.05, 4.69) is 0 Å². The fraction of sp³-hybridized carbons (Fsp3) is 0.333. The monoisotopic (exact) mass is 288 g/mol. The van der Waals surface area contributed by atoms with E-state index < -0.39 is 11.9 Å². The van der Waals surface area contributed by atoms with Crippen molar-refractivity contribution in [3.05, 3.63) is 35.4 Å². The molecule has 0 unspecified atom stereocenters. The number of carboxylic acids is 2. The molecule has 8 N–H and O–H groups in total. The highest BCUT2D eigenvalue weighted by Gasteiger charge is 2.13. The van der Waals surface area contributed by atoms with Crippen molar-refractivity contribution in [1.29, 1.82) is 0 Å². The molecule has 0 saturated carbocycles. The molecule has 0 aliphatic carbocycles. The topological polar surface area (TPSA) is 167 Å². The van der Waals surface area contributed by atoms with Crippen LogP contribution in [0.3, 0.4) is 0 Å². The molecule has 0 radical (unpaired) electrons. The number of benzene rings is 1. The van der Waals surface area contributed by atoms with Gasteiger partial charge in [0.2, 0.25) is 0 Å². The summed E-state index contributed by atoms with van der Waals surface area (Å²) in [6.07, 6.45) is 0. The molecule has 0 aliphatic rings. The highest BCUT2D eigenvalue weighted by Crippen LogP contribution is 2.07. The van der Waals surface area contributed by atoms with Crippen molar-refractivity contribution in [3.63, 3.8) is 0 Å². The molecule has 0 aromatic heterocycles. The lowest BCUT2D eigenvalue weighted by atomic mass is 10.1. The first-order chi connectivity index (χ1) is 9.45. The number of nitrogens with two attached hydrogens (primary N) is 2. The normalized spacial score (nSPS) is 8.60. The van der Waals surface area contributed by atoms with Gasteiger partial charge in [-0.05, 0) is 12.1 Å². The molecule has 8 heteroatoms. The predicted molar refractivity (Wildman–Crippen MR) is 72.6 cm³/mol.